The quantitative estimate of drug-likeness (QED) is 0.568. The summed E-state index contributed by atoms with van der Waals surface area (Å²) in [5.41, 5.74) is -0.343. The standard InChI is InChI=1S/C14H26N2O4S/c1-3-5-6-8(17)12-11(19)10(18)9-13(20-12)21-14(16-9)15-7-4-2/h8-13,17-19H,3-7H2,1-2H3,(H,15,16)/t8-,9+,10+,11-,12+,13+/m0/s1. The number of fused-ring (bicyclic) bond motifs is 1. The maximum Gasteiger partial charge on any atom is 0.159 e. The topological polar surface area (TPSA) is 94.3 Å². The van der Waals surface area contributed by atoms with Gasteiger partial charge < -0.3 is 25.4 Å². The average Bonchev–Trinajstić information content (AvgIpc) is 2.89. The summed E-state index contributed by atoms with van der Waals surface area (Å²) in [6.45, 7) is 4.92. The van der Waals surface area contributed by atoms with Gasteiger partial charge in [-0.3, -0.25) is 4.99 Å². The van der Waals surface area contributed by atoms with Crippen LogP contribution in [0.15, 0.2) is 4.99 Å². The summed E-state index contributed by atoms with van der Waals surface area (Å²) in [4.78, 5) is 4.39. The number of rotatable bonds is 6. The Bertz CT molecular complexity index is 369. The number of aliphatic imine (C=N–C) groups is 1. The van der Waals surface area contributed by atoms with Gasteiger partial charge in [0, 0.05) is 6.54 Å². The molecule has 0 aromatic carbocycles. The number of ether oxygens (including phenoxy) is 1. The molecule has 0 aromatic heterocycles. The highest BCUT2D eigenvalue weighted by atomic mass is 32.2. The molecule has 1 fully saturated rings. The molecular formula is C14H26N2O4S. The second-order valence-electron chi connectivity index (χ2n) is 5.63. The van der Waals surface area contributed by atoms with Crippen molar-refractivity contribution in [3.8, 4) is 0 Å². The van der Waals surface area contributed by atoms with Crippen LogP contribution in [0.2, 0.25) is 0 Å². The predicted molar refractivity (Wildman–Crippen MR) is 83.3 cm³/mol. The van der Waals surface area contributed by atoms with Crippen LogP contribution in [0.25, 0.3) is 0 Å². The van der Waals surface area contributed by atoms with Gasteiger partial charge in [-0.25, -0.2) is 0 Å². The maximum atomic E-state index is 10.2. The third-order valence-corrected chi connectivity index (χ3v) is 4.95. The van der Waals surface area contributed by atoms with Crippen molar-refractivity contribution in [3.63, 3.8) is 0 Å². The highest BCUT2D eigenvalue weighted by molar-refractivity contribution is 8.14. The van der Waals surface area contributed by atoms with E-state index in [1.807, 2.05) is 6.92 Å². The Morgan fingerprint density at radius 1 is 1.29 bits per heavy atom. The molecule has 6 atom stereocenters. The Morgan fingerprint density at radius 2 is 2.05 bits per heavy atom. The van der Waals surface area contributed by atoms with Gasteiger partial charge in [0.1, 0.15) is 29.8 Å². The Kier molecular flexibility index (Phi) is 6.31. The first-order chi connectivity index (χ1) is 10.1. The number of hydrogen-bond acceptors (Lipinski definition) is 7. The molecule has 122 valence electrons. The van der Waals surface area contributed by atoms with E-state index in [-0.39, 0.29) is 5.44 Å². The van der Waals surface area contributed by atoms with Crippen LogP contribution >= 0.6 is 11.8 Å². The Balaban J connectivity index is 1.98. The van der Waals surface area contributed by atoms with Gasteiger partial charge in [-0.1, -0.05) is 38.5 Å². The summed E-state index contributed by atoms with van der Waals surface area (Å²) < 4.78 is 5.81. The van der Waals surface area contributed by atoms with Crippen LogP contribution in [-0.2, 0) is 4.74 Å². The predicted octanol–water partition coefficient (Wildman–Crippen LogP) is 0.455. The molecule has 4 N–H and O–H groups in total. The average molecular weight is 318 g/mol. The Hall–Kier alpha value is -0.340. The number of thioether (sulfide) groups is 1. The molecule has 0 bridgehead atoms. The zero-order valence-corrected chi connectivity index (χ0v) is 13.4. The molecule has 2 aliphatic heterocycles. The van der Waals surface area contributed by atoms with Crippen LogP contribution in [0.5, 0.6) is 0 Å². The minimum atomic E-state index is -1.10. The molecule has 0 amide bonds. The van der Waals surface area contributed by atoms with Crippen molar-refractivity contribution in [2.24, 2.45) is 4.99 Å². The van der Waals surface area contributed by atoms with Gasteiger partial charge in [0.15, 0.2) is 5.17 Å². The lowest BCUT2D eigenvalue weighted by atomic mass is 9.93. The first kappa shape index (κ1) is 17.0. The van der Waals surface area contributed by atoms with Crippen molar-refractivity contribution in [1.29, 1.82) is 0 Å². The normalized spacial score (nSPS) is 37.0. The third-order valence-electron chi connectivity index (χ3n) is 3.86. The van der Waals surface area contributed by atoms with Gasteiger partial charge in [0.2, 0.25) is 0 Å². The molecule has 0 radical (unpaired) electrons. The number of nitrogens with one attached hydrogen (secondary N) is 1. The lowest BCUT2D eigenvalue weighted by Gasteiger charge is -2.40. The molecule has 0 aromatic rings. The lowest BCUT2D eigenvalue weighted by molar-refractivity contribution is -0.185. The van der Waals surface area contributed by atoms with Crippen molar-refractivity contribution in [1.82, 2.24) is 5.32 Å². The Morgan fingerprint density at radius 3 is 2.71 bits per heavy atom. The SMILES string of the molecule is CCCC[C@H](O)[C@H]1O[C@@H]2SC(NCCC)=N[C@@H]2[C@@H](O)[C@@H]1O. The van der Waals surface area contributed by atoms with Crippen LogP contribution in [-0.4, -0.2) is 62.9 Å². The zero-order chi connectivity index (χ0) is 15.4. The molecule has 21 heavy (non-hydrogen) atoms. The molecule has 2 aliphatic rings. The molecular weight excluding hydrogens is 292 g/mol. The van der Waals surface area contributed by atoms with Crippen molar-refractivity contribution in [2.45, 2.75) is 75.4 Å². The second kappa shape index (κ2) is 7.78. The lowest BCUT2D eigenvalue weighted by Crippen LogP contribution is -2.58. The van der Waals surface area contributed by atoms with Crippen molar-refractivity contribution in [3.05, 3.63) is 0 Å². The second-order valence-corrected chi connectivity index (χ2v) is 6.72. The van der Waals surface area contributed by atoms with Crippen LogP contribution in [0, 0.1) is 0 Å². The zero-order valence-electron chi connectivity index (χ0n) is 12.6. The highest BCUT2D eigenvalue weighted by Crippen LogP contribution is 2.37. The fraction of sp³-hybridized carbons (Fsp3) is 0.929. The van der Waals surface area contributed by atoms with Gasteiger partial charge in [-0.15, -0.1) is 0 Å². The molecule has 1 saturated heterocycles. The van der Waals surface area contributed by atoms with E-state index in [9.17, 15) is 15.3 Å². The minimum Gasteiger partial charge on any atom is -0.390 e. The molecule has 2 rings (SSSR count). The van der Waals surface area contributed by atoms with E-state index in [0.717, 1.165) is 31.0 Å². The molecule has 2 heterocycles. The Labute approximate surface area is 130 Å². The molecule has 0 saturated carbocycles. The smallest absolute Gasteiger partial charge is 0.159 e. The summed E-state index contributed by atoms with van der Waals surface area (Å²) in [7, 11) is 0. The van der Waals surface area contributed by atoms with Gasteiger partial charge in [0.25, 0.3) is 0 Å². The first-order valence-electron chi connectivity index (χ1n) is 7.76. The monoisotopic (exact) mass is 318 g/mol. The maximum absolute atomic E-state index is 10.2. The van der Waals surface area contributed by atoms with E-state index in [0.29, 0.717) is 6.42 Å². The van der Waals surface area contributed by atoms with E-state index in [1.165, 1.54) is 11.8 Å². The molecule has 0 spiro atoms. The number of hydrogen-bond donors (Lipinski definition) is 4. The fourth-order valence-corrected chi connectivity index (χ4v) is 3.73. The number of aliphatic hydroxyl groups excluding tert-OH is 3. The van der Waals surface area contributed by atoms with Crippen molar-refractivity contribution >= 4 is 16.9 Å². The van der Waals surface area contributed by atoms with Crippen LogP contribution in [0.4, 0.5) is 0 Å². The van der Waals surface area contributed by atoms with Crippen LogP contribution < -0.4 is 5.32 Å². The molecule has 0 aliphatic carbocycles. The molecule has 7 heteroatoms. The number of unbranched alkanes of at least 4 members (excludes halogenated alkanes) is 1. The van der Waals surface area contributed by atoms with E-state index in [1.54, 1.807) is 0 Å². The number of nitrogens with zero attached hydrogens (tertiary/aromatic N) is 1. The van der Waals surface area contributed by atoms with Gasteiger partial charge in [0.05, 0.1) is 6.10 Å². The van der Waals surface area contributed by atoms with Crippen LogP contribution in [0.1, 0.15) is 39.5 Å². The summed E-state index contributed by atoms with van der Waals surface area (Å²) in [5, 5.41) is 34.5. The molecule has 0 unspecified atom stereocenters. The first-order valence-corrected chi connectivity index (χ1v) is 8.64. The third kappa shape index (κ3) is 3.90. The number of amidine groups is 1. The summed E-state index contributed by atoms with van der Waals surface area (Å²) in [6, 6.07) is -0.473. The minimum absolute atomic E-state index is 0.343. The van der Waals surface area contributed by atoms with E-state index in [2.05, 4.69) is 17.2 Å². The highest BCUT2D eigenvalue weighted by Gasteiger charge is 2.49. The van der Waals surface area contributed by atoms with Gasteiger partial charge in [-0.2, -0.15) is 0 Å². The van der Waals surface area contributed by atoms with Gasteiger partial charge in [-0.05, 0) is 12.8 Å². The molecule has 6 nitrogen and oxygen atoms in total. The largest absolute Gasteiger partial charge is 0.390 e. The summed E-state index contributed by atoms with van der Waals surface area (Å²) in [5.74, 6) is 0. The van der Waals surface area contributed by atoms with E-state index >= 15 is 0 Å². The van der Waals surface area contributed by atoms with E-state index < -0.39 is 30.5 Å². The van der Waals surface area contributed by atoms with Crippen molar-refractivity contribution in [2.75, 3.05) is 6.54 Å². The fourth-order valence-electron chi connectivity index (χ4n) is 2.60. The number of aliphatic hydroxyl groups is 3. The van der Waals surface area contributed by atoms with E-state index in [4.69, 9.17) is 4.74 Å². The summed E-state index contributed by atoms with van der Waals surface area (Å²) in [6.07, 6.45) is -0.229. The van der Waals surface area contributed by atoms with Crippen LogP contribution in [0.3, 0.4) is 0 Å². The van der Waals surface area contributed by atoms with Crippen molar-refractivity contribution < 1.29 is 20.1 Å². The summed E-state index contributed by atoms with van der Waals surface area (Å²) >= 11 is 1.42. The van der Waals surface area contributed by atoms with Gasteiger partial charge >= 0.3 is 0 Å².